The number of halogens is 1. The maximum absolute atomic E-state index is 5.38. The number of hydrogen-bond acceptors (Lipinski definition) is 3. The van der Waals surface area contributed by atoms with Gasteiger partial charge >= 0.3 is 0 Å². The van der Waals surface area contributed by atoms with E-state index < -0.39 is 0 Å². The Labute approximate surface area is 165 Å². The summed E-state index contributed by atoms with van der Waals surface area (Å²) >= 11 is 1.80. The fourth-order valence-corrected chi connectivity index (χ4v) is 3.61. The number of nitrogens with zero attached hydrogens (tertiary/aromatic N) is 1. The van der Waals surface area contributed by atoms with Crippen molar-refractivity contribution in [2.75, 3.05) is 13.1 Å². The molecule has 2 N–H and O–H groups in total. The molecule has 2 heterocycles. The molecule has 0 aliphatic heterocycles. The van der Waals surface area contributed by atoms with Gasteiger partial charge in [0.2, 0.25) is 0 Å². The van der Waals surface area contributed by atoms with Gasteiger partial charge in [0.1, 0.15) is 5.76 Å². The number of thiophene rings is 1. The first kappa shape index (κ1) is 19.3. The maximum Gasteiger partial charge on any atom is 0.191 e. The number of guanidine groups is 1. The standard InChI is InChI=1S/C18H25N3OS.HI/c1-2-6-15(5-1)21-18(19-11-9-16-7-3-13-22-16)20-12-10-17-8-4-14-23-17;/h3-4,7-8,13-15H,1-2,5-6,9-12H2,(H2,19,20,21);1H. The number of aliphatic imine (C=N–C) groups is 1. The molecule has 24 heavy (non-hydrogen) atoms. The lowest BCUT2D eigenvalue weighted by Crippen LogP contribution is -2.43. The molecule has 2 aromatic rings. The van der Waals surface area contributed by atoms with Gasteiger partial charge in [0, 0.05) is 36.9 Å². The Morgan fingerprint density at radius 2 is 2.08 bits per heavy atom. The van der Waals surface area contributed by atoms with Crippen molar-refractivity contribution >= 4 is 41.3 Å². The fourth-order valence-electron chi connectivity index (χ4n) is 2.91. The lowest BCUT2D eigenvalue weighted by molar-refractivity contribution is 0.506. The molecule has 3 rings (SSSR count). The summed E-state index contributed by atoms with van der Waals surface area (Å²) in [6.07, 6.45) is 8.77. The molecule has 0 bridgehead atoms. The van der Waals surface area contributed by atoms with Gasteiger partial charge in [-0.05, 0) is 36.4 Å². The fraction of sp³-hybridized carbons (Fsp3) is 0.500. The lowest BCUT2D eigenvalue weighted by atomic mass is 10.2. The smallest absolute Gasteiger partial charge is 0.191 e. The van der Waals surface area contributed by atoms with Gasteiger partial charge in [-0.1, -0.05) is 18.9 Å². The summed E-state index contributed by atoms with van der Waals surface area (Å²) in [7, 11) is 0. The third kappa shape index (κ3) is 6.47. The number of furan rings is 1. The van der Waals surface area contributed by atoms with Crippen LogP contribution in [0.3, 0.4) is 0 Å². The Kier molecular flexibility index (Phi) is 8.66. The molecule has 0 spiro atoms. The molecule has 0 saturated heterocycles. The Balaban J connectivity index is 0.00000208. The van der Waals surface area contributed by atoms with E-state index in [2.05, 4.69) is 28.1 Å². The van der Waals surface area contributed by atoms with Gasteiger partial charge in [0.05, 0.1) is 6.26 Å². The van der Waals surface area contributed by atoms with Gasteiger partial charge in [-0.3, -0.25) is 4.99 Å². The molecule has 1 aliphatic carbocycles. The van der Waals surface area contributed by atoms with Crippen LogP contribution in [0, 0.1) is 0 Å². The number of rotatable bonds is 7. The Hall–Kier alpha value is -1.02. The maximum atomic E-state index is 5.38. The minimum Gasteiger partial charge on any atom is -0.469 e. The van der Waals surface area contributed by atoms with Crippen LogP contribution in [0.4, 0.5) is 0 Å². The first-order valence-corrected chi connectivity index (χ1v) is 9.38. The molecule has 6 heteroatoms. The monoisotopic (exact) mass is 459 g/mol. The summed E-state index contributed by atoms with van der Waals surface area (Å²) in [6.45, 7) is 1.66. The lowest BCUT2D eigenvalue weighted by Gasteiger charge is -2.17. The first-order chi connectivity index (χ1) is 11.4. The molecular formula is C18H26IN3OS. The van der Waals surface area contributed by atoms with E-state index in [-0.39, 0.29) is 24.0 Å². The van der Waals surface area contributed by atoms with Crippen LogP contribution in [0.5, 0.6) is 0 Å². The van der Waals surface area contributed by atoms with E-state index in [1.165, 1.54) is 30.6 Å². The van der Waals surface area contributed by atoms with Crippen LogP contribution in [0.25, 0.3) is 0 Å². The van der Waals surface area contributed by atoms with E-state index in [4.69, 9.17) is 9.41 Å². The van der Waals surface area contributed by atoms with E-state index in [1.54, 1.807) is 17.6 Å². The van der Waals surface area contributed by atoms with Crippen molar-refractivity contribution in [2.24, 2.45) is 4.99 Å². The highest BCUT2D eigenvalue weighted by atomic mass is 127. The molecule has 132 valence electrons. The molecule has 1 fully saturated rings. The normalized spacial score (nSPS) is 15.2. The first-order valence-electron chi connectivity index (χ1n) is 8.50. The summed E-state index contributed by atoms with van der Waals surface area (Å²) in [6, 6.07) is 8.80. The summed E-state index contributed by atoms with van der Waals surface area (Å²) in [5, 5.41) is 9.16. The van der Waals surface area contributed by atoms with Crippen LogP contribution >= 0.6 is 35.3 Å². The SMILES string of the molecule is I.c1coc(CCNC(=NCCc2cccs2)NC2CCCC2)c1. The van der Waals surface area contributed by atoms with Crippen molar-refractivity contribution < 1.29 is 4.42 Å². The van der Waals surface area contributed by atoms with Gasteiger partial charge in [-0.25, -0.2) is 0 Å². The quantitative estimate of drug-likeness (QED) is 0.370. The topological polar surface area (TPSA) is 49.6 Å². The van der Waals surface area contributed by atoms with E-state index in [0.717, 1.165) is 37.7 Å². The van der Waals surface area contributed by atoms with Crippen LogP contribution in [0.15, 0.2) is 45.3 Å². The van der Waals surface area contributed by atoms with Crippen LogP contribution in [0.1, 0.15) is 36.3 Å². The van der Waals surface area contributed by atoms with Crippen molar-refractivity contribution in [1.29, 1.82) is 0 Å². The molecule has 0 radical (unpaired) electrons. The Morgan fingerprint density at radius 3 is 2.79 bits per heavy atom. The molecule has 0 unspecified atom stereocenters. The van der Waals surface area contributed by atoms with E-state index >= 15 is 0 Å². The van der Waals surface area contributed by atoms with Crippen molar-refractivity contribution in [2.45, 2.75) is 44.6 Å². The largest absolute Gasteiger partial charge is 0.469 e. The zero-order valence-corrected chi connectivity index (χ0v) is 17.0. The molecule has 0 amide bonds. The Morgan fingerprint density at radius 1 is 1.21 bits per heavy atom. The summed E-state index contributed by atoms with van der Waals surface area (Å²) < 4.78 is 5.38. The van der Waals surface area contributed by atoms with Gasteiger partial charge in [0.25, 0.3) is 0 Å². The second-order valence-corrected chi connectivity index (χ2v) is 6.97. The predicted molar refractivity (Wildman–Crippen MR) is 112 cm³/mol. The van der Waals surface area contributed by atoms with Gasteiger partial charge in [-0.2, -0.15) is 0 Å². The molecule has 0 atom stereocenters. The van der Waals surface area contributed by atoms with Gasteiger partial charge in [0.15, 0.2) is 5.96 Å². The number of nitrogens with one attached hydrogen (secondary N) is 2. The van der Waals surface area contributed by atoms with Crippen molar-refractivity contribution in [3.8, 4) is 0 Å². The van der Waals surface area contributed by atoms with Gasteiger partial charge < -0.3 is 15.1 Å². The second-order valence-electron chi connectivity index (χ2n) is 5.94. The minimum atomic E-state index is 0. The third-order valence-corrected chi connectivity index (χ3v) is 5.08. The minimum absolute atomic E-state index is 0. The summed E-state index contributed by atoms with van der Waals surface area (Å²) in [4.78, 5) is 6.14. The molecule has 1 saturated carbocycles. The highest BCUT2D eigenvalue weighted by molar-refractivity contribution is 14.0. The number of hydrogen-bond donors (Lipinski definition) is 2. The van der Waals surface area contributed by atoms with Crippen LogP contribution in [-0.4, -0.2) is 25.1 Å². The molecule has 0 aromatic carbocycles. The predicted octanol–water partition coefficient (Wildman–Crippen LogP) is 4.22. The van der Waals surface area contributed by atoms with E-state index in [9.17, 15) is 0 Å². The summed E-state index contributed by atoms with van der Waals surface area (Å²) in [5.41, 5.74) is 0. The van der Waals surface area contributed by atoms with Crippen LogP contribution in [-0.2, 0) is 12.8 Å². The van der Waals surface area contributed by atoms with Crippen molar-refractivity contribution in [1.82, 2.24) is 10.6 Å². The van der Waals surface area contributed by atoms with E-state index in [0.29, 0.717) is 6.04 Å². The highest BCUT2D eigenvalue weighted by Gasteiger charge is 2.16. The molecule has 4 nitrogen and oxygen atoms in total. The zero-order chi connectivity index (χ0) is 15.7. The molecular weight excluding hydrogens is 433 g/mol. The third-order valence-electron chi connectivity index (χ3n) is 4.15. The second kappa shape index (κ2) is 10.8. The van der Waals surface area contributed by atoms with Crippen LogP contribution in [0.2, 0.25) is 0 Å². The highest BCUT2D eigenvalue weighted by Crippen LogP contribution is 2.17. The summed E-state index contributed by atoms with van der Waals surface area (Å²) in [5.74, 6) is 1.95. The van der Waals surface area contributed by atoms with Crippen molar-refractivity contribution in [3.05, 3.63) is 46.5 Å². The van der Waals surface area contributed by atoms with Gasteiger partial charge in [-0.15, -0.1) is 35.3 Å². The average Bonchev–Trinajstić information content (AvgIpc) is 3.31. The van der Waals surface area contributed by atoms with Crippen molar-refractivity contribution in [3.63, 3.8) is 0 Å². The van der Waals surface area contributed by atoms with Crippen LogP contribution < -0.4 is 10.6 Å². The average molecular weight is 459 g/mol. The Bertz CT molecular complexity index is 577. The molecule has 2 aromatic heterocycles. The molecule has 1 aliphatic rings. The zero-order valence-electron chi connectivity index (χ0n) is 13.9. The van der Waals surface area contributed by atoms with E-state index in [1.807, 2.05) is 12.1 Å².